The molecule has 5 nitrogen and oxygen atoms in total. The molecule has 0 N–H and O–H groups in total. The molecule has 0 radical (unpaired) electrons. The Labute approximate surface area is 170 Å². The van der Waals surface area contributed by atoms with Crippen molar-refractivity contribution in [2.24, 2.45) is 0 Å². The number of carbonyl (C=O) groups excluding carboxylic acids is 2. The van der Waals surface area contributed by atoms with Gasteiger partial charge in [-0.2, -0.15) is 0 Å². The summed E-state index contributed by atoms with van der Waals surface area (Å²) >= 11 is 24.0. The van der Waals surface area contributed by atoms with Gasteiger partial charge in [0, 0.05) is 26.2 Å². The number of rotatable bonds is 2. The lowest BCUT2D eigenvalue weighted by atomic mass is 10.1. The number of hydrogen-bond acceptors (Lipinski definition) is 3. The minimum absolute atomic E-state index is 0.108. The van der Waals surface area contributed by atoms with Crippen LogP contribution in [-0.2, 0) is 0 Å². The Morgan fingerprint density at radius 1 is 0.808 bits per heavy atom. The Morgan fingerprint density at radius 2 is 1.42 bits per heavy atom. The van der Waals surface area contributed by atoms with Gasteiger partial charge >= 0.3 is 0 Å². The fourth-order valence-corrected chi connectivity index (χ4v) is 3.38. The molecule has 1 fully saturated rings. The fraction of sp³-hybridized carbons (Fsp3) is 0.235. The van der Waals surface area contributed by atoms with E-state index < -0.39 is 0 Å². The molecule has 136 valence electrons. The first-order valence-corrected chi connectivity index (χ1v) is 9.24. The summed E-state index contributed by atoms with van der Waals surface area (Å²) in [4.78, 5) is 32.5. The highest BCUT2D eigenvalue weighted by molar-refractivity contribution is 6.43. The smallest absolute Gasteiger partial charge is 0.274 e. The molecule has 1 aromatic carbocycles. The van der Waals surface area contributed by atoms with Crippen LogP contribution in [-0.4, -0.2) is 52.8 Å². The largest absolute Gasteiger partial charge is 0.335 e. The molecule has 0 bridgehead atoms. The van der Waals surface area contributed by atoms with Gasteiger partial charge in [0.25, 0.3) is 11.8 Å². The zero-order chi connectivity index (χ0) is 18.8. The quantitative estimate of drug-likeness (QED) is 0.665. The van der Waals surface area contributed by atoms with E-state index in [2.05, 4.69) is 4.98 Å². The van der Waals surface area contributed by atoms with Crippen molar-refractivity contribution in [3.63, 3.8) is 0 Å². The average Bonchev–Trinajstić information content (AvgIpc) is 2.65. The van der Waals surface area contributed by atoms with Crippen LogP contribution in [0, 0.1) is 0 Å². The maximum Gasteiger partial charge on any atom is 0.274 e. The molecule has 0 saturated carbocycles. The first-order valence-electron chi connectivity index (χ1n) is 7.73. The second-order valence-electron chi connectivity index (χ2n) is 5.65. The van der Waals surface area contributed by atoms with Gasteiger partial charge in [-0.05, 0) is 24.3 Å². The van der Waals surface area contributed by atoms with Gasteiger partial charge in [0.15, 0.2) is 0 Å². The van der Waals surface area contributed by atoms with E-state index in [9.17, 15) is 9.59 Å². The first kappa shape index (κ1) is 19.2. The van der Waals surface area contributed by atoms with Crippen molar-refractivity contribution in [1.82, 2.24) is 14.8 Å². The molecular weight excluding hydrogens is 420 g/mol. The number of nitrogens with zero attached hydrogens (tertiary/aromatic N) is 3. The van der Waals surface area contributed by atoms with Crippen LogP contribution in [0.4, 0.5) is 0 Å². The Kier molecular flexibility index (Phi) is 5.92. The molecule has 0 atom stereocenters. The highest BCUT2D eigenvalue weighted by Crippen LogP contribution is 2.27. The normalized spacial score (nSPS) is 14.5. The summed E-state index contributed by atoms with van der Waals surface area (Å²) in [5.41, 5.74) is 0.454. The lowest BCUT2D eigenvalue weighted by molar-refractivity contribution is 0.0532. The summed E-state index contributed by atoms with van der Waals surface area (Å²) in [5.74, 6) is -0.533. The third kappa shape index (κ3) is 3.91. The number of aromatic nitrogens is 1. The Morgan fingerprint density at radius 3 is 2.08 bits per heavy atom. The number of amides is 2. The van der Waals surface area contributed by atoms with Crippen molar-refractivity contribution in [3.05, 3.63) is 61.8 Å². The molecule has 1 aromatic heterocycles. The van der Waals surface area contributed by atoms with Gasteiger partial charge in [0.05, 0.1) is 20.6 Å². The maximum absolute atomic E-state index is 12.6. The van der Waals surface area contributed by atoms with Crippen LogP contribution in [0.15, 0.2) is 30.3 Å². The van der Waals surface area contributed by atoms with E-state index in [1.54, 1.807) is 28.0 Å². The van der Waals surface area contributed by atoms with Crippen molar-refractivity contribution < 1.29 is 9.59 Å². The van der Waals surface area contributed by atoms with E-state index in [1.807, 2.05) is 0 Å². The second kappa shape index (κ2) is 8.01. The number of hydrogen-bond donors (Lipinski definition) is 0. The number of halogens is 4. The molecule has 2 amide bonds. The highest BCUT2D eigenvalue weighted by atomic mass is 35.5. The molecular formula is C17H13Cl4N3O2. The topological polar surface area (TPSA) is 53.5 Å². The Bertz CT molecular complexity index is 845. The van der Waals surface area contributed by atoms with E-state index in [0.717, 1.165) is 0 Å². The van der Waals surface area contributed by atoms with Gasteiger partial charge in [-0.1, -0.05) is 52.5 Å². The molecule has 3 rings (SSSR count). The summed E-state index contributed by atoms with van der Waals surface area (Å²) in [7, 11) is 0. The predicted octanol–water partition coefficient (Wildman–Crippen LogP) is 4.29. The monoisotopic (exact) mass is 431 g/mol. The highest BCUT2D eigenvalue weighted by Gasteiger charge is 2.28. The van der Waals surface area contributed by atoms with Crippen molar-refractivity contribution in [2.75, 3.05) is 26.2 Å². The summed E-state index contributed by atoms with van der Waals surface area (Å²) in [6.45, 7) is 1.44. The van der Waals surface area contributed by atoms with Gasteiger partial charge in [0.2, 0.25) is 0 Å². The summed E-state index contributed by atoms with van der Waals surface area (Å²) in [6.07, 6.45) is 0. The van der Waals surface area contributed by atoms with E-state index in [-0.39, 0.29) is 32.7 Å². The molecule has 1 saturated heterocycles. The molecule has 26 heavy (non-hydrogen) atoms. The van der Waals surface area contributed by atoms with Crippen molar-refractivity contribution in [3.8, 4) is 0 Å². The fourth-order valence-electron chi connectivity index (χ4n) is 2.67. The lowest BCUT2D eigenvalue weighted by Crippen LogP contribution is -2.50. The SMILES string of the molecule is O=C(c1cccc(Cl)c1Cl)N1CCN(C(=O)c2nc(Cl)ccc2Cl)CC1. The van der Waals surface area contributed by atoms with E-state index >= 15 is 0 Å². The minimum atomic E-state index is -0.314. The summed E-state index contributed by atoms with van der Waals surface area (Å²) in [5, 5.41) is 0.992. The Hall–Kier alpha value is -1.53. The number of carbonyl (C=O) groups is 2. The molecule has 9 heteroatoms. The van der Waals surface area contributed by atoms with Crippen molar-refractivity contribution in [2.45, 2.75) is 0 Å². The zero-order valence-electron chi connectivity index (χ0n) is 13.4. The van der Waals surface area contributed by atoms with Crippen LogP contribution in [0.2, 0.25) is 20.2 Å². The molecule has 0 unspecified atom stereocenters. The third-order valence-corrected chi connectivity index (χ3v) is 5.39. The van der Waals surface area contributed by atoms with Crippen LogP contribution in [0.25, 0.3) is 0 Å². The number of pyridine rings is 1. The Balaban J connectivity index is 1.69. The number of benzene rings is 1. The predicted molar refractivity (Wildman–Crippen MR) is 103 cm³/mol. The van der Waals surface area contributed by atoms with E-state index in [1.165, 1.54) is 12.1 Å². The second-order valence-corrected chi connectivity index (χ2v) is 7.23. The van der Waals surface area contributed by atoms with E-state index in [0.29, 0.717) is 36.8 Å². The molecule has 0 spiro atoms. The van der Waals surface area contributed by atoms with Crippen molar-refractivity contribution in [1.29, 1.82) is 0 Å². The van der Waals surface area contributed by atoms with Crippen LogP contribution in [0.3, 0.4) is 0 Å². The average molecular weight is 433 g/mol. The first-order chi connectivity index (χ1) is 12.4. The standard InChI is InChI=1S/C17H13Cl4N3O2/c18-11-3-1-2-10(14(11)21)16(25)23-6-8-24(9-7-23)17(26)15-12(19)4-5-13(20)22-15/h1-5H,6-9H2. The molecule has 2 heterocycles. The van der Waals surface area contributed by atoms with Crippen LogP contribution < -0.4 is 0 Å². The molecule has 0 aliphatic carbocycles. The minimum Gasteiger partial charge on any atom is -0.335 e. The van der Waals surface area contributed by atoms with Gasteiger partial charge in [-0.15, -0.1) is 0 Å². The molecule has 1 aliphatic heterocycles. The zero-order valence-corrected chi connectivity index (χ0v) is 16.4. The van der Waals surface area contributed by atoms with Crippen molar-refractivity contribution >= 4 is 58.2 Å². The van der Waals surface area contributed by atoms with E-state index in [4.69, 9.17) is 46.4 Å². The summed E-state index contributed by atoms with van der Waals surface area (Å²) in [6, 6.07) is 7.98. The van der Waals surface area contributed by atoms with Gasteiger partial charge in [0.1, 0.15) is 10.8 Å². The summed E-state index contributed by atoms with van der Waals surface area (Å²) < 4.78 is 0. The number of piperazine rings is 1. The third-order valence-electron chi connectivity index (χ3n) is 4.05. The van der Waals surface area contributed by atoms with Crippen LogP contribution in [0.5, 0.6) is 0 Å². The van der Waals surface area contributed by atoms with Gasteiger partial charge < -0.3 is 9.80 Å². The molecule has 2 aromatic rings. The maximum atomic E-state index is 12.6. The van der Waals surface area contributed by atoms with Gasteiger partial charge in [-0.3, -0.25) is 9.59 Å². The van der Waals surface area contributed by atoms with Crippen LogP contribution in [0.1, 0.15) is 20.8 Å². The van der Waals surface area contributed by atoms with Gasteiger partial charge in [-0.25, -0.2) is 4.98 Å². The van der Waals surface area contributed by atoms with Crippen LogP contribution >= 0.6 is 46.4 Å². The molecule has 1 aliphatic rings. The lowest BCUT2D eigenvalue weighted by Gasteiger charge is -2.34.